The zero-order valence-corrected chi connectivity index (χ0v) is 18.0. The van der Waals surface area contributed by atoms with Crippen LogP contribution in [0.25, 0.3) is 16.5 Å². The molecule has 0 fully saturated rings. The van der Waals surface area contributed by atoms with Crippen molar-refractivity contribution >= 4 is 40.3 Å². The first-order chi connectivity index (χ1) is 14.6. The van der Waals surface area contributed by atoms with Crippen molar-refractivity contribution in [2.24, 2.45) is 17.4 Å². The van der Waals surface area contributed by atoms with E-state index in [4.69, 9.17) is 11.5 Å². The van der Waals surface area contributed by atoms with Gasteiger partial charge in [0.15, 0.2) is 0 Å². The minimum Gasteiger partial charge on any atom is -0.480 e. The van der Waals surface area contributed by atoms with Gasteiger partial charge in [-0.1, -0.05) is 38.1 Å². The fraction of sp³-hybridized carbons (Fsp3) is 0.286. The van der Waals surface area contributed by atoms with Gasteiger partial charge in [-0.25, -0.2) is 9.18 Å². The molecule has 7 N–H and O–H groups in total. The molecule has 1 atom stereocenters. The van der Waals surface area contributed by atoms with Gasteiger partial charge in [0.05, 0.1) is 5.56 Å². The van der Waals surface area contributed by atoms with Crippen LogP contribution in [-0.4, -0.2) is 35.6 Å². The minimum atomic E-state index is -0.908. The number of aliphatic carboxylic acids is 1. The van der Waals surface area contributed by atoms with Gasteiger partial charge in [0.2, 0.25) is 0 Å². The molecule has 0 aliphatic carbocycles. The molecule has 3 amide bonds. The highest BCUT2D eigenvalue weighted by atomic mass is 32.1. The number of nitrogens with two attached hydrogens (primary N) is 2. The van der Waals surface area contributed by atoms with Crippen molar-refractivity contribution in [2.75, 3.05) is 11.9 Å². The molecule has 166 valence electrons. The van der Waals surface area contributed by atoms with Crippen LogP contribution in [0, 0.1) is 11.7 Å². The molecular weight excluding hydrogens is 423 g/mol. The van der Waals surface area contributed by atoms with Gasteiger partial charge in [-0.2, -0.15) is 0 Å². The molecule has 1 aromatic heterocycles. The molecule has 10 heteroatoms. The third kappa shape index (κ3) is 6.90. The lowest BCUT2D eigenvalue weighted by molar-refractivity contribution is -0.139. The number of rotatable bonds is 10. The number of carboxylic acids is 1. The molecule has 2 rings (SSSR count). The van der Waals surface area contributed by atoms with Crippen molar-refractivity contribution in [1.82, 2.24) is 5.32 Å². The van der Waals surface area contributed by atoms with E-state index >= 15 is 0 Å². The first-order valence-electron chi connectivity index (χ1n) is 9.51. The standard InChI is InChI=1S/C21H25FN4O4S/c1-11(2)8-16(20(28)29)25-7-3-4-12-5-6-13(15(22)9-12)17-10-14(18(23)27)19(31-17)26-21(24)30/h3-6,9-11,16,25H,7-8H2,1-2H3,(H2,23,27)(H,28,29)(H3,24,26,30)/t16-/m0/s1. The summed E-state index contributed by atoms with van der Waals surface area (Å²) < 4.78 is 14.7. The molecule has 2 aromatic rings. The number of carbonyl (C=O) groups is 3. The number of halogens is 1. The molecule has 31 heavy (non-hydrogen) atoms. The molecule has 0 unspecified atom stereocenters. The molecule has 0 radical (unpaired) electrons. The second-order valence-electron chi connectivity index (χ2n) is 7.28. The lowest BCUT2D eigenvalue weighted by Crippen LogP contribution is -2.37. The summed E-state index contributed by atoms with van der Waals surface area (Å²) in [5, 5.41) is 14.6. The van der Waals surface area contributed by atoms with Crippen LogP contribution in [-0.2, 0) is 4.79 Å². The maximum absolute atomic E-state index is 14.7. The van der Waals surface area contributed by atoms with Crippen LogP contribution in [0.3, 0.4) is 0 Å². The number of thiophene rings is 1. The second kappa shape index (κ2) is 10.7. The Balaban J connectivity index is 2.13. The van der Waals surface area contributed by atoms with Gasteiger partial charge < -0.3 is 21.9 Å². The fourth-order valence-corrected chi connectivity index (χ4v) is 3.99. The van der Waals surface area contributed by atoms with E-state index in [1.807, 2.05) is 13.8 Å². The largest absolute Gasteiger partial charge is 0.480 e. The monoisotopic (exact) mass is 448 g/mol. The quantitative estimate of drug-likeness (QED) is 0.378. The zero-order chi connectivity index (χ0) is 23.1. The summed E-state index contributed by atoms with van der Waals surface area (Å²) in [6, 6.07) is 4.44. The van der Waals surface area contributed by atoms with Crippen LogP contribution in [0.1, 0.15) is 36.2 Å². The van der Waals surface area contributed by atoms with E-state index in [1.54, 1.807) is 24.3 Å². The van der Waals surface area contributed by atoms with Crippen molar-refractivity contribution in [1.29, 1.82) is 0 Å². The van der Waals surface area contributed by atoms with E-state index in [0.717, 1.165) is 11.3 Å². The summed E-state index contributed by atoms with van der Waals surface area (Å²) in [4.78, 5) is 34.3. The summed E-state index contributed by atoms with van der Waals surface area (Å²) in [6.07, 6.45) is 3.90. The van der Waals surface area contributed by atoms with Gasteiger partial charge in [-0.15, -0.1) is 11.3 Å². The van der Waals surface area contributed by atoms with Crippen molar-refractivity contribution in [3.8, 4) is 10.4 Å². The van der Waals surface area contributed by atoms with Crippen LogP contribution in [0.4, 0.5) is 14.2 Å². The fourth-order valence-electron chi connectivity index (χ4n) is 2.89. The maximum atomic E-state index is 14.7. The summed E-state index contributed by atoms with van der Waals surface area (Å²) in [7, 11) is 0. The van der Waals surface area contributed by atoms with Crippen LogP contribution in [0.5, 0.6) is 0 Å². The van der Waals surface area contributed by atoms with E-state index in [1.165, 1.54) is 12.1 Å². The third-order valence-electron chi connectivity index (χ3n) is 4.29. The van der Waals surface area contributed by atoms with E-state index in [-0.39, 0.29) is 22.0 Å². The predicted octanol–water partition coefficient (Wildman–Crippen LogP) is 3.25. The normalized spacial score (nSPS) is 12.3. The van der Waals surface area contributed by atoms with Crippen molar-refractivity contribution in [2.45, 2.75) is 26.3 Å². The number of urea groups is 1. The number of nitrogens with one attached hydrogen (secondary N) is 2. The first kappa shape index (κ1) is 24.0. The van der Waals surface area contributed by atoms with E-state index < -0.39 is 29.8 Å². The number of anilines is 1. The van der Waals surface area contributed by atoms with E-state index in [0.29, 0.717) is 23.4 Å². The molecule has 0 aliphatic heterocycles. The summed E-state index contributed by atoms with van der Waals surface area (Å²) in [5.41, 5.74) is 11.3. The predicted molar refractivity (Wildman–Crippen MR) is 119 cm³/mol. The summed E-state index contributed by atoms with van der Waals surface area (Å²) >= 11 is 0.985. The van der Waals surface area contributed by atoms with E-state index in [9.17, 15) is 23.9 Å². The highest BCUT2D eigenvalue weighted by Crippen LogP contribution is 2.36. The maximum Gasteiger partial charge on any atom is 0.320 e. The van der Waals surface area contributed by atoms with Crippen LogP contribution < -0.4 is 22.1 Å². The van der Waals surface area contributed by atoms with Gasteiger partial charge in [-0.3, -0.25) is 14.9 Å². The van der Waals surface area contributed by atoms with Crippen molar-refractivity contribution < 1.29 is 23.9 Å². The van der Waals surface area contributed by atoms with Gasteiger partial charge in [0, 0.05) is 17.0 Å². The molecule has 0 spiro atoms. The summed E-state index contributed by atoms with van der Waals surface area (Å²) in [6.45, 7) is 4.22. The van der Waals surface area contributed by atoms with Crippen LogP contribution in [0.15, 0.2) is 30.3 Å². The minimum absolute atomic E-state index is 0.0441. The molecule has 8 nitrogen and oxygen atoms in total. The SMILES string of the molecule is CC(C)C[C@H](NCC=Cc1ccc(-c2cc(C(N)=O)c(NC(N)=O)s2)c(F)c1)C(=O)O. The van der Waals surface area contributed by atoms with Crippen LogP contribution >= 0.6 is 11.3 Å². The number of carbonyl (C=O) groups excluding carboxylic acids is 2. The van der Waals surface area contributed by atoms with Gasteiger partial charge in [0.25, 0.3) is 5.91 Å². The number of hydrogen-bond acceptors (Lipinski definition) is 5. The lowest BCUT2D eigenvalue weighted by Gasteiger charge is -2.15. The lowest BCUT2D eigenvalue weighted by atomic mass is 10.0. The topological polar surface area (TPSA) is 148 Å². The van der Waals surface area contributed by atoms with Crippen LogP contribution in [0.2, 0.25) is 0 Å². The Hall–Kier alpha value is -3.24. The Kier molecular flexibility index (Phi) is 8.29. The first-order valence-corrected chi connectivity index (χ1v) is 10.3. The van der Waals surface area contributed by atoms with Crippen molar-refractivity contribution in [3.05, 3.63) is 47.3 Å². The number of amides is 3. The van der Waals surface area contributed by atoms with Gasteiger partial charge in [-0.05, 0) is 30.0 Å². The highest BCUT2D eigenvalue weighted by molar-refractivity contribution is 7.20. The number of carboxylic acid groups (broad SMARTS) is 1. The second-order valence-corrected chi connectivity index (χ2v) is 8.33. The van der Waals surface area contributed by atoms with Crippen molar-refractivity contribution in [3.63, 3.8) is 0 Å². The number of primary amides is 2. The highest BCUT2D eigenvalue weighted by Gasteiger charge is 2.18. The molecule has 1 heterocycles. The molecular formula is C21H25FN4O4S. The summed E-state index contributed by atoms with van der Waals surface area (Å²) in [5.74, 6) is -1.96. The van der Waals surface area contributed by atoms with E-state index in [2.05, 4.69) is 10.6 Å². The molecule has 1 aromatic carbocycles. The smallest absolute Gasteiger partial charge is 0.320 e. The molecule has 0 bridgehead atoms. The Labute approximate surface area is 183 Å². The number of benzene rings is 1. The molecule has 0 saturated carbocycles. The Morgan fingerprint density at radius 2 is 1.94 bits per heavy atom. The molecule has 0 aliphatic rings. The average Bonchev–Trinajstić information content (AvgIpc) is 3.06. The van der Waals surface area contributed by atoms with Gasteiger partial charge >= 0.3 is 12.0 Å². The Morgan fingerprint density at radius 1 is 1.23 bits per heavy atom. The van der Waals surface area contributed by atoms with Gasteiger partial charge in [0.1, 0.15) is 16.9 Å². The zero-order valence-electron chi connectivity index (χ0n) is 17.1. The number of hydrogen-bond donors (Lipinski definition) is 5. The Morgan fingerprint density at radius 3 is 2.48 bits per heavy atom. The average molecular weight is 449 g/mol. The molecule has 0 saturated heterocycles. The third-order valence-corrected chi connectivity index (χ3v) is 5.37. The Bertz CT molecular complexity index is 1000.